The van der Waals surface area contributed by atoms with Crippen LogP contribution in [0.25, 0.3) is 0 Å². The Morgan fingerprint density at radius 3 is 1.72 bits per heavy atom. The summed E-state index contributed by atoms with van der Waals surface area (Å²) in [5.41, 5.74) is 7.65. The van der Waals surface area contributed by atoms with Gasteiger partial charge < -0.3 is 4.74 Å². The minimum absolute atomic E-state index is 0.667. The molecule has 1 heteroatoms. The molecule has 2 aliphatic carbocycles. The fourth-order valence-corrected chi connectivity index (χ4v) is 5.29. The molecule has 3 aromatic rings. The molecule has 0 aromatic heterocycles. The van der Waals surface area contributed by atoms with Crippen LogP contribution in [0.4, 0.5) is 0 Å². The van der Waals surface area contributed by atoms with Crippen LogP contribution in [0.15, 0.2) is 72.8 Å². The van der Waals surface area contributed by atoms with E-state index in [4.69, 9.17) is 4.74 Å². The lowest BCUT2D eigenvalue weighted by Gasteiger charge is -2.22. The Hall–Kier alpha value is -2.54. The number of ether oxygens (including phenoxy) is 1. The van der Waals surface area contributed by atoms with Crippen LogP contribution in [-0.4, -0.2) is 6.61 Å². The number of hydrogen-bond acceptors (Lipinski definition) is 1. The summed E-state index contributed by atoms with van der Waals surface area (Å²) in [6, 6.07) is 25.9. The minimum Gasteiger partial charge on any atom is -0.493 e. The molecular formula is C31H38O. The topological polar surface area (TPSA) is 9.23 Å². The second-order valence-electron chi connectivity index (χ2n) is 9.71. The highest BCUT2D eigenvalue weighted by Gasteiger charge is 2.17. The average Bonchev–Trinajstić information content (AvgIpc) is 3.22. The molecular weight excluding hydrogens is 388 g/mol. The van der Waals surface area contributed by atoms with Crippen molar-refractivity contribution in [1.29, 1.82) is 0 Å². The van der Waals surface area contributed by atoms with E-state index in [9.17, 15) is 0 Å². The van der Waals surface area contributed by atoms with E-state index < -0.39 is 0 Å². The highest BCUT2D eigenvalue weighted by Crippen LogP contribution is 2.33. The quantitative estimate of drug-likeness (QED) is 0.350. The van der Waals surface area contributed by atoms with E-state index in [2.05, 4.69) is 81.4 Å². The molecule has 0 N–H and O–H groups in total. The zero-order chi connectivity index (χ0) is 22.3. The van der Waals surface area contributed by atoms with Gasteiger partial charge in [0.15, 0.2) is 0 Å². The summed E-state index contributed by atoms with van der Waals surface area (Å²) in [5.74, 6) is 3.34. The van der Waals surface area contributed by atoms with E-state index in [0.29, 0.717) is 5.92 Å². The van der Waals surface area contributed by atoms with Gasteiger partial charge in [-0.1, -0.05) is 87.5 Å². The molecule has 3 atom stereocenters. The third kappa shape index (κ3) is 5.44. The van der Waals surface area contributed by atoms with Gasteiger partial charge >= 0.3 is 0 Å². The number of aryl methyl sites for hydroxylation is 2. The monoisotopic (exact) mass is 426 g/mol. The first-order valence-corrected chi connectivity index (χ1v) is 12.5. The Morgan fingerprint density at radius 1 is 0.562 bits per heavy atom. The van der Waals surface area contributed by atoms with E-state index in [-0.39, 0.29) is 0 Å². The maximum atomic E-state index is 5.49. The van der Waals surface area contributed by atoms with Crippen LogP contribution in [0.1, 0.15) is 92.0 Å². The normalized spacial score (nSPS) is 22.5. The van der Waals surface area contributed by atoms with Gasteiger partial charge in [0.2, 0.25) is 0 Å². The van der Waals surface area contributed by atoms with E-state index in [1.54, 1.807) is 22.3 Å². The van der Waals surface area contributed by atoms with Crippen LogP contribution in [0.5, 0.6) is 5.75 Å². The summed E-state index contributed by atoms with van der Waals surface area (Å²) in [5, 5.41) is 0. The van der Waals surface area contributed by atoms with Crippen LogP contribution < -0.4 is 4.74 Å². The number of benzene rings is 3. The van der Waals surface area contributed by atoms with Crippen LogP contribution in [0.2, 0.25) is 0 Å². The van der Waals surface area contributed by atoms with Crippen molar-refractivity contribution in [2.75, 3.05) is 6.61 Å². The molecule has 1 aliphatic heterocycles. The minimum atomic E-state index is 0.667. The molecule has 0 bridgehead atoms. The van der Waals surface area contributed by atoms with Crippen molar-refractivity contribution in [3.8, 4) is 5.75 Å². The molecule has 3 unspecified atom stereocenters. The van der Waals surface area contributed by atoms with Gasteiger partial charge in [-0.15, -0.1) is 0 Å². The Bertz CT molecular complexity index is 949. The number of fused-ring (bicyclic) bond motifs is 3. The van der Waals surface area contributed by atoms with Crippen molar-refractivity contribution in [2.24, 2.45) is 0 Å². The molecule has 168 valence electrons. The average molecular weight is 427 g/mol. The lowest BCUT2D eigenvalue weighted by molar-refractivity contribution is 0.272. The molecule has 0 amide bonds. The molecule has 0 saturated heterocycles. The SMILES string of the molecule is CC1CCCc2ccccc21.CC1CCOc2ccccc21.CC1CCc2ccccc21. The Balaban J connectivity index is 0.000000115. The molecule has 6 rings (SSSR count). The van der Waals surface area contributed by atoms with Gasteiger partial charge in [0.1, 0.15) is 5.75 Å². The fraction of sp³-hybridized carbons (Fsp3) is 0.419. The molecule has 0 spiro atoms. The number of rotatable bonds is 0. The van der Waals surface area contributed by atoms with E-state index in [1.807, 2.05) is 12.1 Å². The first-order valence-electron chi connectivity index (χ1n) is 12.5. The largest absolute Gasteiger partial charge is 0.493 e. The van der Waals surface area contributed by atoms with Gasteiger partial charge in [-0.3, -0.25) is 0 Å². The second kappa shape index (κ2) is 10.9. The van der Waals surface area contributed by atoms with Crippen LogP contribution in [-0.2, 0) is 12.8 Å². The third-order valence-corrected chi connectivity index (χ3v) is 7.36. The van der Waals surface area contributed by atoms with E-state index in [0.717, 1.165) is 30.6 Å². The molecule has 0 fully saturated rings. The second-order valence-corrected chi connectivity index (χ2v) is 9.71. The number of hydrogen-bond donors (Lipinski definition) is 0. The fourth-order valence-electron chi connectivity index (χ4n) is 5.29. The lowest BCUT2D eigenvalue weighted by atomic mass is 9.84. The predicted octanol–water partition coefficient (Wildman–Crippen LogP) is 8.44. The summed E-state index contributed by atoms with van der Waals surface area (Å²) >= 11 is 0. The molecule has 1 nitrogen and oxygen atoms in total. The number of para-hydroxylation sites is 1. The highest BCUT2D eigenvalue weighted by molar-refractivity contribution is 5.37. The molecule has 3 aliphatic rings. The van der Waals surface area contributed by atoms with Crippen LogP contribution >= 0.6 is 0 Å². The first kappa shape index (κ1) is 22.6. The van der Waals surface area contributed by atoms with Crippen molar-refractivity contribution in [3.05, 3.63) is 101 Å². The molecule has 32 heavy (non-hydrogen) atoms. The summed E-state index contributed by atoms with van der Waals surface area (Å²) in [6.07, 6.45) is 7.82. The summed E-state index contributed by atoms with van der Waals surface area (Å²) < 4.78 is 5.49. The zero-order valence-electron chi connectivity index (χ0n) is 20.0. The highest BCUT2D eigenvalue weighted by atomic mass is 16.5. The van der Waals surface area contributed by atoms with Gasteiger partial charge in [-0.05, 0) is 90.2 Å². The van der Waals surface area contributed by atoms with Crippen LogP contribution in [0.3, 0.4) is 0 Å². The molecule has 0 saturated carbocycles. The molecule has 1 heterocycles. The Labute approximate surface area is 194 Å². The van der Waals surface area contributed by atoms with E-state index >= 15 is 0 Å². The van der Waals surface area contributed by atoms with Gasteiger partial charge in [-0.25, -0.2) is 0 Å². The predicted molar refractivity (Wildman–Crippen MR) is 136 cm³/mol. The third-order valence-electron chi connectivity index (χ3n) is 7.36. The Morgan fingerprint density at radius 2 is 1.09 bits per heavy atom. The summed E-state index contributed by atoms with van der Waals surface area (Å²) in [7, 11) is 0. The van der Waals surface area contributed by atoms with E-state index in [1.165, 1.54) is 37.7 Å². The molecule has 0 radical (unpaired) electrons. The van der Waals surface area contributed by atoms with Gasteiger partial charge in [0, 0.05) is 0 Å². The molecule has 3 aromatic carbocycles. The Kier molecular flexibility index (Phi) is 7.68. The maximum Gasteiger partial charge on any atom is 0.122 e. The van der Waals surface area contributed by atoms with Gasteiger partial charge in [0.05, 0.1) is 6.61 Å². The van der Waals surface area contributed by atoms with Crippen molar-refractivity contribution >= 4 is 0 Å². The van der Waals surface area contributed by atoms with Crippen molar-refractivity contribution in [2.45, 2.75) is 77.0 Å². The standard InChI is InChI=1S/C11H14.C10H12O.C10H12/c1-9-5-4-7-10-6-2-3-8-11(9)10;1-8-6-7-11-10-5-3-2-4-9(8)10;1-8-6-7-9-4-2-3-5-10(8)9/h2-3,6,8-9H,4-5,7H2,1H3;2-5,8H,6-7H2,1H3;2-5,8H,6-7H2,1H3. The maximum absolute atomic E-state index is 5.49. The van der Waals surface area contributed by atoms with Crippen LogP contribution in [0, 0.1) is 0 Å². The van der Waals surface area contributed by atoms with Crippen molar-refractivity contribution in [1.82, 2.24) is 0 Å². The first-order chi connectivity index (χ1) is 15.6. The lowest BCUT2D eigenvalue weighted by Crippen LogP contribution is -2.11. The van der Waals surface area contributed by atoms with Gasteiger partial charge in [-0.2, -0.15) is 0 Å². The summed E-state index contributed by atoms with van der Waals surface area (Å²) in [6.45, 7) is 7.77. The zero-order valence-corrected chi connectivity index (χ0v) is 20.0. The summed E-state index contributed by atoms with van der Waals surface area (Å²) in [4.78, 5) is 0. The van der Waals surface area contributed by atoms with Gasteiger partial charge in [0.25, 0.3) is 0 Å². The van der Waals surface area contributed by atoms with Crippen molar-refractivity contribution in [3.63, 3.8) is 0 Å². The smallest absolute Gasteiger partial charge is 0.122 e. The van der Waals surface area contributed by atoms with Crippen molar-refractivity contribution < 1.29 is 4.74 Å².